The topological polar surface area (TPSA) is 95.7 Å². The van der Waals surface area contributed by atoms with Crippen molar-refractivity contribution in [2.45, 2.75) is 31.1 Å². The summed E-state index contributed by atoms with van der Waals surface area (Å²) in [6.45, 7) is 1.70. The minimum absolute atomic E-state index is 0.160. The maximum atomic E-state index is 12.4. The largest absolute Gasteiger partial charge is 0.490 e. The van der Waals surface area contributed by atoms with Crippen molar-refractivity contribution in [3.63, 3.8) is 0 Å². The van der Waals surface area contributed by atoms with Gasteiger partial charge in [0.1, 0.15) is 5.69 Å². The van der Waals surface area contributed by atoms with Crippen LogP contribution in [0.25, 0.3) is 11.0 Å². The van der Waals surface area contributed by atoms with Crippen LogP contribution in [0.1, 0.15) is 12.1 Å². The van der Waals surface area contributed by atoms with Crippen LogP contribution in [0.4, 0.5) is 13.2 Å². The lowest BCUT2D eigenvalue weighted by molar-refractivity contribution is -0.192. The van der Waals surface area contributed by atoms with Crippen LogP contribution in [0.5, 0.6) is 0 Å². The summed E-state index contributed by atoms with van der Waals surface area (Å²) in [4.78, 5) is 23.2. The van der Waals surface area contributed by atoms with Gasteiger partial charge in [-0.3, -0.25) is 4.79 Å². The molecule has 1 aromatic carbocycles. The Kier molecular flexibility index (Phi) is 4.86. The number of para-hydroxylation sites is 1. The molecule has 2 fully saturated rings. The average molecular weight is 371 g/mol. The number of carboxylic acid groups (broad SMARTS) is 1. The molecule has 7 nitrogen and oxygen atoms in total. The first kappa shape index (κ1) is 18.2. The van der Waals surface area contributed by atoms with Gasteiger partial charge in [0.05, 0.1) is 6.42 Å². The highest BCUT2D eigenvalue weighted by Gasteiger charge is 2.46. The standard InChI is InChI=1S/C14H15N3O2.C2HF3O2/c18-14(17-6-5-15-11-7-12(11)17)8-10-9-3-1-2-4-13(9)19-16-10;3-2(4,5)1(6)7/h1-4,11-12,15H,5-8H2;(H,6,7). The van der Waals surface area contributed by atoms with E-state index < -0.39 is 12.1 Å². The summed E-state index contributed by atoms with van der Waals surface area (Å²) in [5.41, 5.74) is 1.49. The average Bonchev–Trinajstić information content (AvgIpc) is 3.28. The summed E-state index contributed by atoms with van der Waals surface area (Å²) in [6.07, 6.45) is -3.66. The van der Waals surface area contributed by atoms with Gasteiger partial charge in [-0.2, -0.15) is 13.2 Å². The number of hydrogen-bond donors (Lipinski definition) is 2. The predicted molar refractivity (Wildman–Crippen MR) is 83.3 cm³/mol. The molecule has 2 aliphatic rings. The first-order chi connectivity index (χ1) is 12.3. The zero-order valence-electron chi connectivity index (χ0n) is 13.5. The Hall–Kier alpha value is -2.62. The number of amides is 1. The number of carbonyl (C=O) groups is 2. The second-order valence-electron chi connectivity index (χ2n) is 6.06. The molecular formula is C16H16F3N3O4. The second kappa shape index (κ2) is 6.94. The lowest BCUT2D eigenvalue weighted by atomic mass is 10.1. The molecule has 1 aromatic heterocycles. The van der Waals surface area contributed by atoms with E-state index in [-0.39, 0.29) is 5.91 Å². The Balaban J connectivity index is 0.000000242. The van der Waals surface area contributed by atoms with Gasteiger partial charge in [0.25, 0.3) is 0 Å². The van der Waals surface area contributed by atoms with Crippen molar-refractivity contribution in [3.8, 4) is 0 Å². The maximum absolute atomic E-state index is 12.4. The fourth-order valence-corrected chi connectivity index (χ4v) is 2.90. The summed E-state index contributed by atoms with van der Waals surface area (Å²) in [5.74, 6) is -2.60. The van der Waals surface area contributed by atoms with Gasteiger partial charge >= 0.3 is 12.1 Å². The number of fused-ring (bicyclic) bond motifs is 2. The molecule has 140 valence electrons. The highest BCUT2D eigenvalue weighted by atomic mass is 19.4. The van der Waals surface area contributed by atoms with Crippen molar-refractivity contribution >= 4 is 22.8 Å². The fourth-order valence-electron chi connectivity index (χ4n) is 2.90. The first-order valence-electron chi connectivity index (χ1n) is 7.93. The molecule has 26 heavy (non-hydrogen) atoms. The number of carboxylic acids is 1. The van der Waals surface area contributed by atoms with Crippen LogP contribution in [0, 0.1) is 0 Å². The number of nitrogens with zero attached hydrogens (tertiary/aromatic N) is 2. The third-order valence-corrected chi connectivity index (χ3v) is 4.25. The zero-order chi connectivity index (χ0) is 18.9. The van der Waals surface area contributed by atoms with Gasteiger partial charge < -0.3 is 19.8 Å². The Bertz CT molecular complexity index is 820. The molecule has 2 unspecified atom stereocenters. The molecule has 0 bridgehead atoms. The van der Waals surface area contributed by atoms with Gasteiger partial charge in [-0.1, -0.05) is 17.3 Å². The summed E-state index contributed by atoms with van der Waals surface area (Å²) in [6, 6.07) is 8.59. The summed E-state index contributed by atoms with van der Waals surface area (Å²) in [7, 11) is 0. The molecule has 2 heterocycles. The van der Waals surface area contributed by atoms with Gasteiger partial charge in [-0.15, -0.1) is 0 Å². The van der Waals surface area contributed by atoms with E-state index in [0.717, 1.165) is 36.2 Å². The monoisotopic (exact) mass is 371 g/mol. The molecule has 0 spiro atoms. The number of rotatable bonds is 2. The highest BCUT2D eigenvalue weighted by molar-refractivity contribution is 5.86. The fraction of sp³-hybridized carbons (Fsp3) is 0.438. The van der Waals surface area contributed by atoms with Crippen molar-refractivity contribution in [2.24, 2.45) is 0 Å². The molecule has 1 saturated heterocycles. The summed E-state index contributed by atoms with van der Waals surface area (Å²) in [5, 5.41) is 15.5. The molecule has 1 saturated carbocycles. The number of aromatic nitrogens is 1. The SMILES string of the molecule is O=C(Cc1noc2ccccc12)N1CCNC2CC21.O=C(O)C(F)(F)F. The number of carbonyl (C=O) groups excluding carboxylic acids is 1. The lowest BCUT2D eigenvalue weighted by Crippen LogP contribution is -2.47. The van der Waals surface area contributed by atoms with E-state index in [2.05, 4.69) is 10.5 Å². The molecule has 4 rings (SSSR count). The van der Waals surface area contributed by atoms with E-state index in [0.29, 0.717) is 18.5 Å². The number of nitrogens with one attached hydrogen (secondary N) is 1. The predicted octanol–water partition coefficient (Wildman–Crippen LogP) is 1.58. The van der Waals surface area contributed by atoms with E-state index in [4.69, 9.17) is 14.4 Å². The molecule has 1 aliphatic heterocycles. The van der Waals surface area contributed by atoms with Crippen LogP contribution in [0.2, 0.25) is 0 Å². The number of benzene rings is 1. The summed E-state index contributed by atoms with van der Waals surface area (Å²) < 4.78 is 37.0. The first-order valence-corrected chi connectivity index (χ1v) is 7.93. The molecule has 1 aliphatic carbocycles. The van der Waals surface area contributed by atoms with E-state index in [1.165, 1.54) is 0 Å². The van der Waals surface area contributed by atoms with E-state index >= 15 is 0 Å². The minimum atomic E-state index is -5.08. The highest BCUT2D eigenvalue weighted by Crippen LogP contribution is 2.31. The Morgan fingerprint density at radius 1 is 1.35 bits per heavy atom. The van der Waals surface area contributed by atoms with Crippen molar-refractivity contribution in [3.05, 3.63) is 30.0 Å². The normalized spacial score (nSPS) is 21.6. The lowest BCUT2D eigenvalue weighted by Gasteiger charge is -2.27. The van der Waals surface area contributed by atoms with E-state index in [1.54, 1.807) is 0 Å². The van der Waals surface area contributed by atoms with Crippen molar-refractivity contribution in [1.82, 2.24) is 15.4 Å². The third kappa shape index (κ3) is 3.96. The van der Waals surface area contributed by atoms with Crippen molar-refractivity contribution in [1.29, 1.82) is 0 Å². The van der Waals surface area contributed by atoms with Gasteiger partial charge in [-0.25, -0.2) is 4.79 Å². The minimum Gasteiger partial charge on any atom is -0.475 e. The molecular weight excluding hydrogens is 355 g/mol. The maximum Gasteiger partial charge on any atom is 0.490 e. The van der Waals surface area contributed by atoms with E-state index in [1.807, 2.05) is 29.2 Å². The van der Waals surface area contributed by atoms with Crippen LogP contribution >= 0.6 is 0 Å². The molecule has 0 radical (unpaired) electrons. The smallest absolute Gasteiger partial charge is 0.475 e. The van der Waals surface area contributed by atoms with Crippen LogP contribution in [-0.2, 0) is 16.0 Å². The Labute approximate surface area is 145 Å². The third-order valence-electron chi connectivity index (χ3n) is 4.25. The quantitative estimate of drug-likeness (QED) is 0.832. The van der Waals surface area contributed by atoms with Gasteiger partial charge in [0, 0.05) is 30.6 Å². The number of piperazine rings is 1. The van der Waals surface area contributed by atoms with Crippen LogP contribution in [0.15, 0.2) is 28.8 Å². The molecule has 1 amide bonds. The second-order valence-corrected chi connectivity index (χ2v) is 6.06. The van der Waals surface area contributed by atoms with Gasteiger partial charge in [0.15, 0.2) is 5.58 Å². The molecule has 2 N–H and O–H groups in total. The van der Waals surface area contributed by atoms with Crippen LogP contribution in [-0.4, -0.2) is 58.4 Å². The number of hydrogen-bond acceptors (Lipinski definition) is 5. The van der Waals surface area contributed by atoms with Gasteiger partial charge in [-0.05, 0) is 18.6 Å². The zero-order valence-corrected chi connectivity index (χ0v) is 13.5. The van der Waals surface area contributed by atoms with Crippen LogP contribution in [0.3, 0.4) is 0 Å². The number of halogens is 3. The van der Waals surface area contributed by atoms with Crippen molar-refractivity contribution in [2.75, 3.05) is 13.1 Å². The molecule has 10 heteroatoms. The van der Waals surface area contributed by atoms with Gasteiger partial charge in [0.2, 0.25) is 5.91 Å². The Morgan fingerprint density at radius 3 is 2.73 bits per heavy atom. The molecule has 2 aromatic rings. The van der Waals surface area contributed by atoms with Crippen molar-refractivity contribution < 1.29 is 32.4 Å². The van der Waals surface area contributed by atoms with E-state index in [9.17, 15) is 18.0 Å². The Morgan fingerprint density at radius 2 is 2.04 bits per heavy atom. The van der Waals surface area contributed by atoms with Crippen LogP contribution < -0.4 is 5.32 Å². The number of aliphatic carboxylic acids is 1. The molecule has 2 atom stereocenters. The summed E-state index contributed by atoms with van der Waals surface area (Å²) >= 11 is 0. The number of alkyl halides is 3.